The van der Waals surface area contributed by atoms with Gasteiger partial charge in [-0.2, -0.15) is 4.68 Å². The van der Waals surface area contributed by atoms with E-state index in [4.69, 9.17) is 23.2 Å². The lowest BCUT2D eigenvalue weighted by Crippen LogP contribution is -2.53. The number of carbonyl (C=O) groups is 2. The zero-order valence-electron chi connectivity index (χ0n) is 22.0. The number of fused-ring (bicyclic) bond motifs is 1. The number of hydrogen-bond donors (Lipinski definition) is 1. The van der Waals surface area contributed by atoms with Gasteiger partial charge in [0.2, 0.25) is 5.91 Å². The molecule has 2 amide bonds. The number of halogens is 2. The molecule has 1 saturated heterocycles. The zero-order chi connectivity index (χ0) is 27.8. The Hall–Kier alpha value is -3.56. The highest BCUT2D eigenvalue weighted by molar-refractivity contribution is 6.42. The summed E-state index contributed by atoms with van der Waals surface area (Å²) in [5.74, 6) is -0.676. The van der Waals surface area contributed by atoms with E-state index in [1.165, 1.54) is 10.7 Å². The number of hydrogen-bond acceptors (Lipinski definition) is 5. The fraction of sp³-hybridized carbons (Fsp3) is 0.357. The molecule has 0 bridgehead atoms. The largest absolute Gasteiger partial charge is 0.368 e. The molecule has 2 aliphatic rings. The highest BCUT2D eigenvalue weighted by Gasteiger charge is 2.43. The van der Waals surface area contributed by atoms with E-state index in [9.17, 15) is 14.4 Å². The SMILES string of the molecule is CC1=Nc2cc(=O)n(C(=O)NC(C)C)n2C(c2cccc(Cl)c2Cl)C1C(=O)N1CCN(c2ccccc2)CC1. The van der Waals surface area contributed by atoms with Crippen LogP contribution in [0.15, 0.2) is 64.4 Å². The van der Waals surface area contributed by atoms with Crippen molar-refractivity contribution >= 4 is 52.4 Å². The zero-order valence-corrected chi connectivity index (χ0v) is 23.5. The number of amides is 2. The van der Waals surface area contributed by atoms with Gasteiger partial charge in [-0.1, -0.05) is 53.5 Å². The van der Waals surface area contributed by atoms with Crippen LogP contribution in [0.1, 0.15) is 32.4 Å². The lowest BCUT2D eigenvalue weighted by Gasteiger charge is -2.40. The third kappa shape index (κ3) is 5.08. The maximum Gasteiger partial charge on any atom is 0.344 e. The number of nitrogens with one attached hydrogen (secondary N) is 1. The Morgan fingerprint density at radius 3 is 2.36 bits per heavy atom. The minimum absolute atomic E-state index is 0.146. The summed E-state index contributed by atoms with van der Waals surface area (Å²) in [4.78, 5) is 49.2. The van der Waals surface area contributed by atoms with Crippen molar-refractivity contribution in [3.05, 3.63) is 80.6 Å². The lowest BCUT2D eigenvalue weighted by molar-refractivity contribution is -0.134. The second kappa shape index (κ2) is 10.9. The summed E-state index contributed by atoms with van der Waals surface area (Å²) in [5, 5.41) is 3.34. The van der Waals surface area contributed by atoms with Gasteiger partial charge in [-0.3, -0.25) is 9.59 Å². The van der Waals surface area contributed by atoms with E-state index in [-0.39, 0.29) is 22.8 Å². The number of rotatable bonds is 4. The van der Waals surface area contributed by atoms with Crippen LogP contribution in [0.25, 0.3) is 0 Å². The van der Waals surface area contributed by atoms with Gasteiger partial charge in [0.1, 0.15) is 5.92 Å². The molecule has 1 fully saturated rings. The van der Waals surface area contributed by atoms with Gasteiger partial charge in [0.25, 0.3) is 5.56 Å². The summed E-state index contributed by atoms with van der Waals surface area (Å²) in [7, 11) is 0. The number of anilines is 1. The number of piperazine rings is 1. The lowest BCUT2D eigenvalue weighted by atomic mass is 9.86. The fourth-order valence-electron chi connectivity index (χ4n) is 5.32. The van der Waals surface area contributed by atoms with Crippen molar-refractivity contribution in [3.63, 3.8) is 0 Å². The average Bonchev–Trinajstić information content (AvgIpc) is 3.24. The summed E-state index contributed by atoms with van der Waals surface area (Å²) in [6, 6.07) is 14.9. The number of aromatic nitrogens is 2. The van der Waals surface area contributed by atoms with E-state index in [0.29, 0.717) is 42.5 Å². The first kappa shape index (κ1) is 27.0. The Morgan fingerprint density at radius 2 is 1.69 bits per heavy atom. The number of carbonyl (C=O) groups excluding carboxylic acids is 2. The van der Waals surface area contributed by atoms with Gasteiger partial charge in [0.15, 0.2) is 5.82 Å². The first-order valence-electron chi connectivity index (χ1n) is 12.9. The van der Waals surface area contributed by atoms with Gasteiger partial charge >= 0.3 is 6.03 Å². The molecule has 0 spiro atoms. The summed E-state index contributed by atoms with van der Waals surface area (Å²) >= 11 is 13.1. The van der Waals surface area contributed by atoms with E-state index >= 15 is 0 Å². The van der Waals surface area contributed by atoms with Crippen molar-refractivity contribution in [2.24, 2.45) is 10.9 Å². The Balaban J connectivity index is 1.56. The van der Waals surface area contributed by atoms with E-state index in [1.807, 2.05) is 23.1 Å². The molecule has 3 heterocycles. The van der Waals surface area contributed by atoms with Crippen molar-refractivity contribution in [2.75, 3.05) is 31.1 Å². The molecule has 0 saturated carbocycles. The maximum absolute atomic E-state index is 14.2. The van der Waals surface area contributed by atoms with Gasteiger partial charge in [-0.25, -0.2) is 14.5 Å². The van der Waals surface area contributed by atoms with Gasteiger partial charge in [0.05, 0.1) is 16.1 Å². The molecule has 2 aromatic carbocycles. The number of nitrogens with zero attached hydrogens (tertiary/aromatic N) is 5. The van der Waals surface area contributed by atoms with E-state index in [0.717, 1.165) is 10.4 Å². The molecule has 2 atom stereocenters. The van der Waals surface area contributed by atoms with E-state index in [2.05, 4.69) is 27.3 Å². The first-order valence-corrected chi connectivity index (χ1v) is 13.7. The molecule has 3 aromatic rings. The second-order valence-electron chi connectivity index (χ2n) is 10.1. The Labute approximate surface area is 236 Å². The van der Waals surface area contributed by atoms with Crippen molar-refractivity contribution in [1.29, 1.82) is 0 Å². The predicted molar refractivity (Wildman–Crippen MR) is 154 cm³/mol. The number of para-hydroxylation sites is 1. The minimum atomic E-state index is -0.816. The quantitative estimate of drug-likeness (QED) is 0.498. The molecule has 0 aliphatic carbocycles. The molecule has 2 aliphatic heterocycles. The predicted octanol–water partition coefficient (Wildman–Crippen LogP) is 4.58. The molecular weight excluding hydrogens is 539 g/mol. The van der Waals surface area contributed by atoms with Crippen LogP contribution >= 0.6 is 23.2 Å². The fourth-order valence-corrected chi connectivity index (χ4v) is 5.74. The van der Waals surface area contributed by atoms with Crippen LogP contribution in [0.5, 0.6) is 0 Å². The van der Waals surface area contributed by atoms with Crippen LogP contribution in [0.3, 0.4) is 0 Å². The monoisotopic (exact) mass is 568 g/mol. The van der Waals surface area contributed by atoms with Crippen LogP contribution in [0, 0.1) is 5.92 Å². The molecular formula is C28H30Cl2N6O3. The molecule has 39 heavy (non-hydrogen) atoms. The standard InChI is InChI=1S/C28H30Cl2N6O3/c1-17(2)31-28(39)36-23(37)16-22-32-18(3)24(26(35(22)36)20-10-7-11-21(29)25(20)30)27(38)34-14-12-33(13-15-34)19-8-5-4-6-9-19/h4-11,16-17,24,26H,12-15H2,1-3H3,(H,31,39). The topological polar surface area (TPSA) is 91.9 Å². The van der Waals surface area contributed by atoms with Gasteiger partial charge in [-0.05, 0) is 44.5 Å². The van der Waals surface area contributed by atoms with Crippen LogP contribution in [-0.2, 0) is 4.79 Å². The van der Waals surface area contributed by atoms with Crippen LogP contribution in [0.4, 0.5) is 16.3 Å². The summed E-state index contributed by atoms with van der Waals surface area (Å²) in [6.45, 7) is 7.78. The highest BCUT2D eigenvalue weighted by Crippen LogP contribution is 2.41. The third-order valence-electron chi connectivity index (χ3n) is 7.12. The number of aliphatic imine (C=N–C) groups is 1. The first-order chi connectivity index (χ1) is 18.7. The normalized spacial score (nSPS) is 19.1. The number of benzene rings is 2. The van der Waals surface area contributed by atoms with Gasteiger partial charge in [0, 0.05) is 49.7 Å². The van der Waals surface area contributed by atoms with Crippen LogP contribution in [-0.4, -0.2) is 64.1 Å². The van der Waals surface area contributed by atoms with Gasteiger partial charge in [-0.15, -0.1) is 0 Å². The minimum Gasteiger partial charge on any atom is -0.368 e. The molecule has 11 heteroatoms. The Bertz CT molecular complexity index is 1490. The van der Waals surface area contributed by atoms with Gasteiger partial charge < -0.3 is 15.1 Å². The summed E-state index contributed by atoms with van der Waals surface area (Å²) < 4.78 is 2.48. The smallest absolute Gasteiger partial charge is 0.344 e. The van der Waals surface area contributed by atoms with E-state index in [1.54, 1.807) is 39.0 Å². The molecule has 2 unspecified atom stereocenters. The highest BCUT2D eigenvalue weighted by atomic mass is 35.5. The summed E-state index contributed by atoms with van der Waals surface area (Å²) in [6.07, 6.45) is 0. The van der Waals surface area contributed by atoms with Crippen molar-refractivity contribution in [1.82, 2.24) is 19.6 Å². The third-order valence-corrected chi connectivity index (χ3v) is 7.95. The molecule has 1 N–H and O–H groups in total. The van der Waals surface area contributed by atoms with Crippen LogP contribution < -0.4 is 15.8 Å². The van der Waals surface area contributed by atoms with Crippen molar-refractivity contribution < 1.29 is 9.59 Å². The molecule has 5 rings (SSSR count). The Morgan fingerprint density at radius 1 is 1.00 bits per heavy atom. The summed E-state index contributed by atoms with van der Waals surface area (Å²) in [5.41, 5.74) is 1.63. The average molecular weight is 569 g/mol. The molecule has 9 nitrogen and oxygen atoms in total. The Kier molecular flexibility index (Phi) is 7.55. The van der Waals surface area contributed by atoms with Crippen molar-refractivity contribution in [3.8, 4) is 0 Å². The molecule has 1 aromatic heterocycles. The van der Waals surface area contributed by atoms with Crippen molar-refractivity contribution in [2.45, 2.75) is 32.9 Å². The van der Waals surface area contributed by atoms with E-state index < -0.39 is 23.6 Å². The van der Waals surface area contributed by atoms with Crippen LogP contribution in [0.2, 0.25) is 10.0 Å². The molecule has 0 radical (unpaired) electrons. The second-order valence-corrected chi connectivity index (χ2v) is 10.9. The maximum atomic E-state index is 14.2. The molecule has 204 valence electrons.